The van der Waals surface area contributed by atoms with Crippen LogP contribution < -0.4 is 0 Å². The lowest BCUT2D eigenvalue weighted by molar-refractivity contribution is 0.104. The molecule has 0 unspecified atom stereocenters. The van der Waals surface area contributed by atoms with Gasteiger partial charge < -0.3 is 0 Å². The smallest absolute Gasteiger partial charge is 0.185 e. The van der Waals surface area contributed by atoms with Gasteiger partial charge in [0.05, 0.1) is 0 Å². The van der Waals surface area contributed by atoms with Crippen molar-refractivity contribution in [3.05, 3.63) is 76.3 Å². The molecule has 0 saturated carbocycles. The zero-order chi connectivity index (χ0) is 15.5. The molecule has 0 aliphatic carbocycles. The number of ketones is 1. The van der Waals surface area contributed by atoms with Crippen molar-refractivity contribution in [1.29, 1.82) is 0 Å². The van der Waals surface area contributed by atoms with E-state index in [0.29, 0.717) is 10.6 Å². The molecule has 0 atom stereocenters. The number of carbonyl (C=O) groups is 1. The molecule has 0 N–H and O–H groups in total. The monoisotopic (exact) mass is 298 g/mol. The first kappa shape index (κ1) is 15.5. The molecule has 2 aromatic rings. The summed E-state index contributed by atoms with van der Waals surface area (Å²) in [5, 5.41) is 0.643. The second kappa shape index (κ2) is 6.28. The molecule has 0 aromatic heterocycles. The highest BCUT2D eigenvalue weighted by molar-refractivity contribution is 6.32. The van der Waals surface area contributed by atoms with Crippen molar-refractivity contribution < 1.29 is 4.79 Å². The molecule has 1 nitrogen and oxygen atoms in total. The first-order chi connectivity index (χ1) is 9.88. The van der Waals surface area contributed by atoms with E-state index in [2.05, 4.69) is 20.8 Å². The van der Waals surface area contributed by atoms with Crippen molar-refractivity contribution in [2.24, 2.45) is 0 Å². The highest BCUT2D eigenvalue weighted by Crippen LogP contribution is 2.22. The molecule has 2 rings (SSSR count). The van der Waals surface area contributed by atoms with Crippen LogP contribution in [-0.4, -0.2) is 5.78 Å². The normalized spacial score (nSPS) is 11.8. The van der Waals surface area contributed by atoms with Gasteiger partial charge in [0.25, 0.3) is 0 Å². The van der Waals surface area contributed by atoms with E-state index in [-0.39, 0.29) is 11.2 Å². The van der Waals surface area contributed by atoms with Crippen molar-refractivity contribution in [1.82, 2.24) is 0 Å². The molecule has 21 heavy (non-hydrogen) atoms. The molecule has 108 valence electrons. The second-order valence-electron chi connectivity index (χ2n) is 6.05. The molecule has 0 amide bonds. The fraction of sp³-hybridized carbons (Fsp3) is 0.211. The Bertz CT molecular complexity index is 661. The first-order valence-corrected chi connectivity index (χ1v) is 7.33. The summed E-state index contributed by atoms with van der Waals surface area (Å²) in [7, 11) is 0. The van der Waals surface area contributed by atoms with Crippen molar-refractivity contribution in [3.63, 3.8) is 0 Å². The number of allylic oxidation sites excluding steroid dienone is 1. The van der Waals surface area contributed by atoms with Gasteiger partial charge in [-0.15, -0.1) is 0 Å². The number of benzene rings is 2. The summed E-state index contributed by atoms with van der Waals surface area (Å²) in [5.41, 5.74) is 2.84. The second-order valence-corrected chi connectivity index (χ2v) is 6.45. The summed E-state index contributed by atoms with van der Waals surface area (Å²) in [6.45, 7) is 6.46. The molecule has 0 aliphatic heterocycles. The summed E-state index contributed by atoms with van der Waals surface area (Å²) in [4.78, 5) is 12.2. The molecule has 0 fully saturated rings. The van der Waals surface area contributed by atoms with E-state index in [9.17, 15) is 4.79 Å². The Kier molecular flexibility index (Phi) is 4.64. The molecule has 0 heterocycles. The minimum Gasteiger partial charge on any atom is -0.289 e. The maximum absolute atomic E-state index is 12.2. The summed E-state index contributed by atoms with van der Waals surface area (Å²) >= 11 is 6.06. The molecule has 2 heteroatoms. The fourth-order valence-corrected chi connectivity index (χ4v) is 2.21. The van der Waals surface area contributed by atoms with Crippen LogP contribution in [0.1, 0.15) is 42.3 Å². The Hall–Kier alpha value is -1.86. The Labute approximate surface area is 131 Å². The summed E-state index contributed by atoms with van der Waals surface area (Å²) in [6.07, 6.45) is 3.32. The van der Waals surface area contributed by atoms with Crippen molar-refractivity contribution in [3.8, 4) is 0 Å². The largest absolute Gasteiger partial charge is 0.289 e. The van der Waals surface area contributed by atoms with E-state index in [1.807, 2.05) is 48.5 Å². The highest BCUT2D eigenvalue weighted by Gasteiger charge is 2.13. The molecule has 0 spiro atoms. The van der Waals surface area contributed by atoms with E-state index < -0.39 is 0 Å². The standard InChI is InChI=1S/C19H19ClO/c1-19(2,3)16-11-8-15(9-12-16)18(21)13-10-14-6-4-5-7-17(14)20/h4-13H,1-3H3. The Morgan fingerprint density at radius 1 is 1.00 bits per heavy atom. The molecule has 0 radical (unpaired) electrons. The predicted octanol–water partition coefficient (Wildman–Crippen LogP) is 5.53. The fourth-order valence-electron chi connectivity index (χ4n) is 2.01. The lowest BCUT2D eigenvalue weighted by Crippen LogP contribution is -2.11. The topological polar surface area (TPSA) is 17.1 Å². The van der Waals surface area contributed by atoms with E-state index >= 15 is 0 Å². The van der Waals surface area contributed by atoms with Gasteiger partial charge in [-0.1, -0.05) is 74.8 Å². The maximum Gasteiger partial charge on any atom is 0.185 e. The number of hydrogen-bond acceptors (Lipinski definition) is 1. The predicted molar refractivity (Wildman–Crippen MR) is 90.0 cm³/mol. The van der Waals surface area contributed by atoms with Crippen LogP contribution in [0.2, 0.25) is 5.02 Å². The lowest BCUT2D eigenvalue weighted by Gasteiger charge is -2.18. The van der Waals surface area contributed by atoms with Gasteiger partial charge in [-0.3, -0.25) is 4.79 Å². The van der Waals surface area contributed by atoms with Gasteiger partial charge in [-0.2, -0.15) is 0 Å². The lowest BCUT2D eigenvalue weighted by atomic mass is 9.86. The molecule has 0 aliphatic rings. The average Bonchev–Trinajstić information content (AvgIpc) is 2.45. The van der Waals surface area contributed by atoms with Crippen LogP contribution in [-0.2, 0) is 5.41 Å². The van der Waals surface area contributed by atoms with Gasteiger partial charge in [0.15, 0.2) is 5.78 Å². The highest BCUT2D eigenvalue weighted by atomic mass is 35.5. The van der Waals surface area contributed by atoms with Crippen molar-refractivity contribution >= 4 is 23.5 Å². The SMILES string of the molecule is CC(C)(C)c1ccc(C(=O)C=Cc2ccccc2Cl)cc1. The molecular weight excluding hydrogens is 280 g/mol. The van der Waals surface area contributed by atoms with Crippen LogP contribution in [0.5, 0.6) is 0 Å². The van der Waals surface area contributed by atoms with E-state index in [0.717, 1.165) is 5.56 Å². The Morgan fingerprint density at radius 2 is 1.62 bits per heavy atom. The van der Waals surface area contributed by atoms with Crippen LogP contribution in [0.25, 0.3) is 6.08 Å². The number of carbonyl (C=O) groups excluding carboxylic acids is 1. The van der Waals surface area contributed by atoms with Crippen LogP contribution >= 0.6 is 11.6 Å². The third kappa shape index (κ3) is 4.05. The van der Waals surface area contributed by atoms with Crippen LogP contribution in [0, 0.1) is 0 Å². The summed E-state index contributed by atoms with van der Waals surface area (Å²) < 4.78 is 0. The molecule has 2 aromatic carbocycles. The third-order valence-corrected chi connectivity index (χ3v) is 3.70. The number of rotatable bonds is 3. The van der Waals surface area contributed by atoms with Gasteiger partial charge in [0.2, 0.25) is 0 Å². The number of hydrogen-bond donors (Lipinski definition) is 0. The zero-order valence-corrected chi connectivity index (χ0v) is 13.3. The minimum atomic E-state index is -0.0182. The van der Waals surface area contributed by atoms with Crippen LogP contribution in [0.3, 0.4) is 0 Å². The average molecular weight is 299 g/mol. The molecule has 0 saturated heterocycles. The minimum absolute atomic E-state index is 0.0182. The van der Waals surface area contributed by atoms with Crippen molar-refractivity contribution in [2.75, 3.05) is 0 Å². The van der Waals surface area contributed by atoms with Gasteiger partial charge in [-0.25, -0.2) is 0 Å². The van der Waals surface area contributed by atoms with Crippen LogP contribution in [0.15, 0.2) is 54.6 Å². The van der Waals surface area contributed by atoms with E-state index in [4.69, 9.17) is 11.6 Å². The summed E-state index contributed by atoms with van der Waals surface area (Å²) in [6, 6.07) is 15.2. The van der Waals surface area contributed by atoms with Crippen molar-refractivity contribution in [2.45, 2.75) is 26.2 Å². The van der Waals surface area contributed by atoms with E-state index in [1.165, 1.54) is 5.56 Å². The first-order valence-electron chi connectivity index (χ1n) is 6.95. The van der Waals surface area contributed by atoms with Gasteiger partial charge in [0.1, 0.15) is 0 Å². The molecular formula is C19H19ClO. The Morgan fingerprint density at radius 3 is 2.19 bits per heavy atom. The van der Waals surface area contributed by atoms with Gasteiger partial charge >= 0.3 is 0 Å². The van der Waals surface area contributed by atoms with E-state index in [1.54, 1.807) is 12.2 Å². The zero-order valence-electron chi connectivity index (χ0n) is 12.6. The number of halogens is 1. The Balaban J connectivity index is 2.16. The van der Waals surface area contributed by atoms with Gasteiger partial charge in [0, 0.05) is 10.6 Å². The quantitative estimate of drug-likeness (QED) is 0.537. The maximum atomic E-state index is 12.2. The van der Waals surface area contributed by atoms with Gasteiger partial charge in [-0.05, 0) is 34.8 Å². The van der Waals surface area contributed by atoms with Crippen LogP contribution in [0.4, 0.5) is 0 Å². The summed E-state index contributed by atoms with van der Waals surface area (Å²) in [5.74, 6) is -0.0182. The molecule has 0 bridgehead atoms. The third-order valence-electron chi connectivity index (χ3n) is 3.35.